The summed E-state index contributed by atoms with van der Waals surface area (Å²) in [6, 6.07) is 9.94. The summed E-state index contributed by atoms with van der Waals surface area (Å²) >= 11 is 0. The number of carbonyl (C=O) groups is 1. The molecule has 0 saturated carbocycles. The number of fused-ring (bicyclic) bond motifs is 1. The van der Waals surface area contributed by atoms with Gasteiger partial charge in [-0.2, -0.15) is 0 Å². The van der Waals surface area contributed by atoms with E-state index in [0.717, 1.165) is 5.57 Å². The summed E-state index contributed by atoms with van der Waals surface area (Å²) < 4.78 is 10.5. The van der Waals surface area contributed by atoms with Crippen LogP contribution in [0.2, 0.25) is 0 Å². The second kappa shape index (κ2) is 7.50. The highest BCUT2D eigenvalue weighted by atomic mass is 16.5. The Kier molecular flexibility index (Phi) is 5.27. The van der Waals surface area contributed by atoms with Crippen molar-refractivity contribution in [3.63, 3.8) is 0 Å². The molecule has 3 rings (SSSR count). The van der Waals surface area contributed by atoms with E-state index in [4.69, 9.17) is 9.47 Å². The van der Waals surface area contributed by atoms with E-state index in [1.807, 2.05) is 6.92 Å². The van der Waals surface area contributed by atoms with Crippen LogP contribution >= 0.6 is 0 Å². The lowest BCUT2D eigenvalue weighted by Crippen LogP contribution is -2.52. The normalized spacial score (nSPS) is 21.3. The highest BCUT2D eigenvalue weighted by Gasteiger charge is 2.51. The third-order valence-electron chi connectivity index (χ3n) is 4.78. The molecule has 0 aromatic heterocycles. The number of benzene rings is 2. The summed E-state index contributed by atoms with van der Waals surface area (Å²) in [5.74, 6) is -0.0440. The van der Waals surface area contributed by atoms with Gasteiger partial charge in [0.2, 0.25) is 0 Å². The molecule has 1 aliphatic rings. The quantitative estimate of drug-likeness (QED) is 0.693. The average molecular weight is 381 g/mol. The van der Waals surface area contributed by atoms with Crippen molar-refractivity contribution in [2.24, 2.45) is 0 Å². The van der Waals surface area contributed by atoms with Crippen molar-refractivity contribution in [1.82, 2.24) is 0 Å². The summed E-state index contributed by atoms with van der Waals surface area (Å²) in [4.78, 5) is 12.6. The standard InChI is InChI=1S/C22H23NO5/c1-13(2)5-6-14-7-12-17-18(19(14)24)22(26,20(28-4)21(25)23-17)15-8-10-16(27-3)11-9-15/h5-12,20,24,26H,1H2,2-4H3,(H,23,25)/t20-,22+/m0/s1. The molecule has 0 saturated heterocycles. The molecule has 146 valence electrons. The van der Waals surface area contributed by atoms with Crippen molar-refractivity contribution in [3.8, 4) is 11.5 Å². The zero-order valence-electron chi connectivity index (χ0n) is 16.0. The van der Waals surface area contributed by atoms with E-state index in [0.29, 0.717) is 22.6 Å². The Morgan fingerprint density at radius 1 is 1.21 bits per heavy atom. The van der Waals surface area contributed by atoms with E-state index in [1.54, 1.807) is 48.6 Å². The third-order valence-corrected chi connectivity index (χ3v) is 4.78. The first-order valence-electron chi connectivity index (χ1n) is 8.73. The molecular weight excluding hydrogens is 358 g/mol. The van der Waals surface area contributed by atoms with Gasteiger partial charge in [-0.1, -0.05) is 36.4 Å². The molecule has 0 aliphatic carbocycles. The van der Waals surface area contributed by atoms with Crippen molar-refractivity contribution in [2.75, 3.05) is 19.5 Å². The maximum atomic E-state index is 12.6. The van der Waals surface area contributed by atoms with Crippen molar-refractivity contribution in [1.29, 1.82) is 0 Å². The number of aromatic hydroxyl groups is 1. The minimum absolute atomic E-state index is 0.143. The van der Waals surface area contributed by atoms with Crippen LogP contribution in [0.3, 0.4) is 0 Å². The van der Waals surface area contributed by atoms with E-state index >= 15 is 0 Å². The van der Waals surface area contributed by atoms with E-state index in [2.05, 4.69) is 11.9 Å². The number of ether oxygens (including phenoxy) is 2. The summed E-state index contributed by atoms with van der Waals surface area (Å²) in [5.41, 5.74) is 0.294. The van der Waals surface area contributed by atoms with Crippen LogP contribution in [0.25, 0.3) is 6.08 Å². The number of hydrogen-bond donors (Lipinski definition) is 3. The molecule has 0 bridgehead atoms. The monoisotopic (exact) mass is 381 g/mol. The fraction of sp³-hybridized carbons (Fsp3) is 0.227. The molecule has 28 heavy (non-hydrogen) atoms. The summed E-state index contributed by atoms with van der Waals surface area (Å²) in [6.07, 6.45) is 2.20. The average Bonchev–Trinajstić information content (AvgIpc) is 2.67. The zero-order chi connectivity index (χ0) is 20.5. The number of anilines is 1. The Bertz CT molecular complexity index is 948. The van der Waals surface area contributed by atoms with Gasteiger partial charge in [-0.25, -0.2) is 0 Å². The Hall–Kier alpha value is -3.09. The molecule has 0 spiro atoms. The predicted molar refractivity (Wildman–Crippen MR) is 107 cm³/mol. The van der Waals surface area contributed by atoms with Crippen LogP contribution in [-0.4, -0.2) is 36.4 Å². The lowest BCUT2D eigenvalue weighted by molar-refractivity contribution is -0.142. The maximum absolute atomic E-state index is 12.6. The van der Waals surface area contributed by atoms with E-state index in [9.17, 15) is 15.0 Å². The molecule has 6 heteroatoms. The van der Waals surface area contributed by atoms with Crippen LogP contribution < -0.4 is 10.1 Å². The summed E-state index contributed by atoms with van der Waals surface area (Å²) in [6.45, 7) is 5.64. The highest BCUT2D eigenvalue weighted by Crippen LogP contribution is 2.48. The third kappa shape index (κ3) is 3.17. The van der Waals surface area contributed by atoms with Crippen LogP contribution in [0, 0.1) is 0 Å². The number of phenolic OH excluding ortho intramolecular Hbond substituents is 1. The van der Waals surface area contributed by atoms with Gasteiger partial charge in [-0.3, -0.25) is 4.79 Å². The van der Waals surface area contributed by atoms with Crippen molar-refractivity contribution >= 4 is 17.7 Å². The van der Waals surface area contributed by atoms with Crippen molar-refractivity contribution in [3.05, 3.63) is 71.3 Å². The number of phenols is 1. The number of aliphatic hydroxyl groups is 1. The van der Waals surface area contributed by atoms with Crippen LogP contribution in [0.15, 0.2) is 54.6 Å². The van der Waals surface area contributed by atoms with Gasteiger partial charge in [0.25, 0.3) is 5.91 Å². The Morgan fingerprint density at radius 3 is 2.46 bits per heavy atom. The molecule has 6 nitrogen and oxygen atoms in total. The second-order valence-electron chi connectivity index (χ2n) is 6.71. The molecule has 2 atom stereocenters. The van der Waals surface area contributed by atoms with Gasteiger partial charge in [-0.15, -0.1) is 0 Å². The molecule has 0 radical (unpaired) electrons. The van der Waals surface area contributed by atoms with Gasteiger partial charge in [0.05, 0.1) is 18.4 Å². The molecular formula is C22H23NO5. The van der Waals surface area contributed by atoms with Gasteiger partial charge >= 0.3 is 0 Å². The minimum atomic E-state index is -1.89. The number of carbonyl (C=O) groups excluding carboxylic acids is 1. The highest BCUT2D eigenvalue weighted by molar-refractivity contribution is 6.00. The molecule has 2 aromatic carbocycles. The Labute approximate surface area is 163 Å². The number of allylic oxidation sites excluding steroid dienone is 2. The molecule has 1 heterocycles. The molecule has 1 aliphatic heterocycles. The largest absolute Gasteiger partial charge is 0.507 e. The van der Waals surface area contributed by atoms with Gasteiger partial charge in [0.1, 0.15) is 11.5 Å². The SMILES string of the molecule is C=C(C)C=Cc1ccc2c(c1O)[C@](O)(c1ccc(OC)cc1)[C@@H](OC)C(=O)N2. The summed E-state index contributed by atoms with van der Waals surface area (Å²) in [5, 5.41) is 25.4. The fourth-order valence-electron chi connectivity index (χ4n) is 3.40. The number of rotatable bonds is 5. The maximum Gasteiger partial charge on any atom is 0.257 e. The van der Waals surface area contributed by atoms with Crippen molar-refractivity contribution in [2.45, 2.75) is 18.6 Å². The zero-order valence-corrected chi connectivity index (χ0v) is 16.0. The van der Waals surface area contributed by atoms with Crippen LogP contribution in [0.5, 0.6) is 11.5 Å². The minimum Gasteiger partial charge on any atom is -0.507 e. The van der Waals surface area contributed by atoms with Gasteiger partial charge < -0.3 is 25.0 Å². The van der Waals surface area contributed by atoms with Crippen LogP contribution in [0.4, 0.5) is 5.69 Å². The predicted octanol–water partition coefficient (Wildman–Crippen LogP) is 3.19. The molecule has 2 aromatic rings. The lowest BCUT2D eigenvalue weighted by atomic mass is 9.76. The number of hydrogen-bond acceptors (Lipinski definition) is 5. The van der Waals surface area contributed by atoms with E-state index in [1.165, 1.54) is 14.2 Å². The topological polar surface area (TPSA) is 88.0 Å². The van der Waals surface area contributed by atoms with Crippen molar-refractivity contribution < 1.29 is 24.5 Å². The molecule has 0 unspecified atom stereocenters. The lowest BCUT2D eigenvalue weighted by Gasteiger charge is -2.40. The smallest absolute Gasteiger partial charge is 0.257 e. The van der Waals surface area contributed by atoms with Gasteiger partial charge in [-0.05, 0) is 36.8 Å². The van der Waals surface area contributed by atoms with Crippen LogP contribution in [-0.2, 0) is 15.1 Å². The molecule has 3 N–H and O–H groups in total. The number of nitrogens with one attached hydrogen (secondary N) is 1. The molecule has 0 fully saturated rings. The molecule has 1 amide bonds. The van der Waals surface area contributed by atoms with E-state index < -0.39 is 17.6 Å². The first-order chi connectivity index (χ1) is 13.3. The first kappa shape index (κ1) is 19.7. The first-order valence-corrected chi connectivity index (χ1v) is 8.73. The Morgan fingerprint density at radius 2 is 1.89 bits per heavy atom. The fourth-order valence-corrected chi connectivity index (χ4v) is 3.40. The Balaban J connectivity index is 2.26. The van der Waals surface area contributed by atoms with E-state index in [-0.39, 0.29) is 11.3 Å². The number of amides is 1. The second-order valence-corrected chi connectivity index (χ2v) is 6.71. The van der Waals surface area contributed by atoms with Crippen LogP contribution in [0.1, 0.15) is 23.6 Å². The number of methoxy groups -OCH3 is 2. The van der Waals surface area contributed by atoms with Gasteiger partial charge in [0.15, 0.2) is 11.7 Å². The summed E-state index contributed by atoms with van der Waals surface area (Å²) in [7, 11) is 2.88. The van der Waals surface area contributed by atoms with Gasteiger partial charge in [0, 0.05) is 12.7 Å².